The number of nitrogens with zero attached hydrogens (tertiary/aromatic N) is 2. The number of aromatic hydroxyl groups is 1. The lowest BCUT2D eigenvalue weighted by Crippen LogP contribution is -2.27. The molecule has 0 aliphatic carbocycles. The molecular formula is C17H19N2O2P. The second-order valence-electron chi connectivity index (χ2n) is 5.91. The number of phenolic OH excluding ortho intramolecular Hbond substituents is 1. The quantitative estimate of drug-likeness (QED) is 0.865. The van der Waals surface area contributed by atoms with Crippen molar-refractivity contribution >= 4 is 18.4 Å². The third-order valence-electron chi connectivity index (χ3n) is 4.65. The first-order valence-electron chi connectivity index (χ1n) is 7.70. The maximum atomic E-state index is 14.1. The number of rotatable bonds is 2. The average Bonchev–Trinajstić information content (AvgIpc) is 3.11. The van der Waals surface area contributed by atoms with Gasteiger partial charge >= 0.3 is 0 Å². The highest BCUT2D eigenvalue weighted by atomic mass is 31.2. The summed E-state index contributed by atoms with van der Waals surface area (Å²) in [6.45, 7) is 1.59. The first-order chi connectivity index (χ1) is 10.7. The third kappa shape index (κ3) is 1.91. The number of anilines is 1. The minimum atomic E-state index is -2.98. The van der Waals surface area contributed by atoms with Gasteiger partial charge in [-0.05, 0) is 37.1 Å². The molecule has 2 saturated heterocycles. The standard InChI is InChI=1S/C17H19N2O2P/c20-16-10-4-5-11-17(16)22(21)18-12-6-9-15(18)13-19(22)14-7-2-1-3-8-14/h1-5,7-8,10-11,15,20H,6,9,12-13H2/t15-,22+/m0/s1. The predicted molar refractivity (Wildman–Crippen MR) is 88.9 cm³/mol. The highest BCUT2D eigenvalue weighted by molar-refractivity contribution is 7.71. The maximum absolute atomic E-state index is 14.1. The van der Waals surface area contributed by atoms with Crippen LogP contribution in [0.25, 0.3) is 0 Å². The Balaban J connectivity index is 1.88. The van der Waals surface area contributed by atoms with Crippen LogP contribution in [-0.2, 0) is 4.57 Å². The largest absolute Gasteiger partial charge is 0.507 e. The van der Waals surface area contributed by atoms with Crippen molar-refractivity contribution < 1.29 is 9.67 Å². The van der Waals surface area contributed by atoms with Gasteiger partial charge in [-0.1, -0.05) is 30.3 Å². The molecule has 2 aromatic carbocycles. The van der Waals surface area contributed by atoms with Gasteiger partial charge in [-0.15, -0.1) is 0 Å². The van der Waals surface area contributed by atoms with Gasteiger partial charge in [-0.3, -0.25) is 4.57 Å². The molecule has 2 fully saturated rings. The number of fused-ring (bicyclic) bond motifs is 1. The van der Waals surface area contributed by atoms with Crippen molar-refractivity contribution in [2.75, 3.05) is 17.8 Å². The van der Waals surface area contributed by atoms with E-state index in [0.717, 1.165) is 31.6 Å². The summed E-state index contributed by atoms with van der Waals surface area (Å²) in [7, 11) is -2.98. The van der Waals surface area contributed by atoms with E-state index >= 15 is 0 Å². The molecule has 2 atom stereocenters. The molecule has 0 saturated carbocycles. The zero-order chi connectivity index (χ0) is 15.2. The Labute approximate surface area is 130 Å². The molecule has 0 radical (unpaired) electrons. The Kier molecular flexibility index (Phi) is 3.24. The van der Waals surface area contributed by atoms with E-state index in [1.54, 1.807) is 18.2 Å². The highest BCUT2D eigenvalue weighted by Gasteiger charge is 2.52. The molecule has 0 spiro atoms. The Morgan fingerprint density at radius 3 is 2.55 bits per heavy atom. The SMILES string of the molecule is O=[P@@]1(c2ccccc2O)N(c2ccccc2)C[C@@H]2CCCN21. The van der Waals surface area contributed by atoms with E-state index in [9.17, 15) is 9.67 Å². The molecule has 0 bridgehead atoms. The first-order valence-corrected chi connectivity index (χ1v) is 9.31. The molecule has 2 aliphatic rings. The van der Waals surface area contributed by atoms with Gasteiger partial charge in [0, 0.05) is 24.8 Å². The van der Waals surface area contributed by atoms with Crippen LogP contribution >= 0.6 is 7.44 Å². The van der Waals surface area contributed by atoms with E-state index in [1.165, 1.54) is 0 Å². The molecule has 4 rings (SSSR count). The van der Waals surface area contributed by atoms with Gasteiger partial charge in [0.05, 0.1) is 5.30 Å². The molecule has 2 aromatic rings. The molecule has 0 amide bonds. The van der Waals surface area contributed by atoms with E-state index in [-0.39, 0.29) is 5.75 Å². The van der Waals surface area contributed by atoms with E-state index in [4.69, 9.17) is 0 Å². The van der Waals surface area contributed by atoms with Crippen molar-refractivity contribution in [2.45, 2.75) is 18.9 Å². The van der Waals surface area contributed by atoms with E-state index in [0.29, 0.717) is 11.3 Å². The summed E-state index contributed by atoms with van der Waals surface area (Å²) < 4.78 is 18.2. The fraction of sp³-hybridized carbons (Fsp3) is 0.294. The summed E-state index contributed by atoms with van der Waals surface area (Å²) in [4.78, 5) is 0. The summed E-state index contributed by atoms with van der Waals surface area (Å²) in [5, 5.41) is 10.9. The lowest BCUT2D eigenvalue weighted by Gasteiger charge is -2.31. The third-order valence-corrected chi connectivity index (χ3v) is 7.93. The highest BCUT2D eigenvalue weighted by Crippen LogP contribution is 2.62. The van der Waals surface area contributed by atoms with Gasteiger partial charge in [0.2, 0.25) is 0 Å². The van der Waals surface area contributed by atoms with E-state index in [2.05, 4.69) is 4.67 Å². The molecule has 2 aliphatic heterocycles. The molecule has 114 valence electrons. The van der Waals surface area contributed by atoms with Crippen LogP contribution in [0.2, 0.25) is 0 Å². The molecular weight excluding hydrogens is 295 g/mol. The second kappa shape index (κ2) is 5.15. The number of hydrogen-bond acceptors (Lipinski definition) is 2. The summed E-state index contributed by atoms with van der Waals surface area (Å²) >= 11 is 0. The average molecular weight is 314 g/mol. The normalized spacial score (nSPS) is 28.0. The van der Waals surface area contributed by atoms with Crippen LogP contribution in [0.4, 0.5) is 5.69 Å². The van der Waals surface area contributed by atoms with Gasteiger partial charge in [-0.25, -0.2) is 4.67 Å². The molecule has 5 heteroatoms. The molecule has 22 heavy (non-hydrogen) atoms. The minimum Gasteiger partial charge on any atom is -0.507 e. The summed E-state index contributed by atoms with van der Waals surface area (Å²) in [6.07, 6.45) is 2.14. The number of para-hydroxylation sites is 2. The molecule has 0 unspecified atom stereocenters. The number of hydrogen-bond donors (Lipinski definition) is 1. The van der Waals surface area contributed by atoms with Gasteiger partial charge in [0.25, 0.3) is 7.44 Å². The van der Waals surface area contributed by atoms with Gasteiger partial charge in [0.1, 0.15) is 5.75 Å². The van der Waals surface area contributed by atoms with Crippen LogP contribution in [0, 0.1) is 0 Å². The van der Waals surface area contributed by atoms with E-state index in [1.807, 2.05) is 41.1 Å². The predicted octanol–water partition coefficient (Wildman–Crippen LogP) is 3.20. The molecule has 1 N–H and O–H groups in total. The topological polar surface area (TPSA) is 43.8 Å². The van der Waals surface area contributed by atoms with Crippen LogP contribution in [-0.4, -0.2) is 28.9 Å². The second-order valence-corrected chi connectivity index (χ2v) is 8.48. The zero-order valence-electron chi connectivity index (χ0n) is 12.3. The molecule has 0 aromatic heterocycles. The molecule has 2 heterocycles. The van der Waals surface area contributed by atoms with Crippen molar-refractivity contribution in [3.8, 4) is 5.75 Å². The monoisotopic (exact) mass is 314 g/mol. The van der Waals surface area contributed by atoms with Crippen LogP contribution in [0.3, 0.4) is 0 Å². The van der Waals surface area contributed by atoms with Gasteiger partial charge < -0.3 is 9.78 Å². The summed E-state index contributed by atoms with van der Waals surface area (Å²) in [5.41, 5.74) is 0.962. The number of phenols is 1. The zero-order valence-corrected chi connectivity index (χ0v) is 13.2. The van der Waals surface area contributed by atoms with Crippen molar-refractivity contribution in [1.29, 1.82) is 0 Å². The first kappa shape index (κ1) is 13.9. The fourth-order valence-electron chi connectivity index (χ4n) is 3.65. The van der Waals surface area contributed by atoms with Crippen molar-refractivity contribution in [2.24, 2.45) is 0 Å². The van der Waals surface area contributed by atoms with Crippen molar-refractivity contribution in [1.82, 2.24) is 4.67 Å². The summed E-state index contributed by atoms with van der Waals surface area (Å²) in [6, 6.07) is 17.2. The maximum Gasteiger partial charge on any atom is 0.273 e. The van der Waals surface area contributed by atoms with Gasteiger partial charge in [-0.2, -0.15) is 0 Å². The lowest BCUT2D eigenvalue weighted by molar-refractivity contribution is 0.433. The molecule has 4 nitrogen and oxygen atoms in total. The van der Waals surface area contributed by atoms with Crippen LogP contribution in [0.1, 0.15) is 12.8 Å². The minimum absolute atomic E-state index is 0.124. The Bertz CT molecular complexity index is 734. The van der Waals surface area contributed by atoms with E-state index < -0.39 is 7.44 Å². The van der Waals surface area contributed by atoms with Crippen molar-refractivity contribution in [3.05, 3.63) is 54.6 Å². The van der Waals surface area contributed by atoms with Crippen LogP contribution < -0.4 is 9.97 Å². The van der Waals surface area contributed by atoms with Crippen LogP contribution in [0.15, 0.2) is 54.6 Å². The smallest absolute Gasteiger partial charge is 0.273 e. The Morgan fingerprint density at radius 1 is 1.05 bits per heavy atom. The lowest BCUT2D eigenvalue weighted by atomic mass is 10.2. The Hall–Kier alpha value is -1.77. The summed E-state index contributed by atoms with van der Waals surface area (Å²) in [5.74, 6) is 0.124. The fourth-order valence-corrected chi connectivity index (χ4v) is 7.02. The van der Waals surface area contributed by atoms with Gasteiger partial charge in [0.15, 0.2) is 0 Å². The van der Waals surface area contributed by atoms with Crippen molar-refractivity contribution in [3.63, 3.8) is 0 Å². The van der Waals surface area contributed by atoms with Crippen LogP contribution in [0.5, 0.6) is 5.75 Å². The number of benzene rings is 2. The Morgan fingerprint density at radius 2 is 1.77 bits per heavy atom.